The van der Waals surface area contributed by atoms with Crippen LogP contribution in [0.2, 0.25) is 10.0 Å². The van der Waals surface area contributed by atoms with Gasteiger partial charge in [0.05, 0.1) is 40.7 Å². The normalized spacial score (nSPS) is 18.6. The number of hydrogen-bond donors (Lipinski definition) is 4. The topological polar surface area (TPSA) is 157 Å². The molecule has 0 saturated carbocycles. The number of rotatable bonds is 8. The second-order valence-electron chi connectivity index (χ2n) is 11.7. The zero-order chi connectivity index (χ0) is 33.6. The minimum absolute atomic E-state index is 0.0262. The van der Waals surface area contributed by atoms with Gasteiger partial charge in [-0.1, -0.05) is 53.5 Å². The molecule has 1 aliphatic heterocycles. The summed E-state index contributed by atoms with van der Waals surface area (Å²) in [5.41, 5.74) is 2.61. The predicted octanol–water partition coefficient (Wildman–Crippen LogP) is 3.06. The van der Waals surface area contributed by atoms with Gasteiger partial charge >= 0.3 is 5.69 Å². The molecular formula is C33H32Cl2N6O6. The van der Waals surface area contributed by atoms with Crippen molar-refractivity contribution in [1.82, 2.24) is 24.8 Å². The molecule has 12 nitrogen and oxygen atoms in total. The van der Waals surface area contributed by atoms with Crippen molar-refractivity contribution in [2.75, 3.05) is 25.5 Å². The molecule has 3 heterocycles. The number of aromatic nitrogens is 3. The van der Waals surface area contributed by atoms with Crippen LogP contribution in [0.25, 0.3) is 22.4 Å². The first-order valence-corrected chi connectivity index (χ1v) is 15.7. The number of pyridine rings is 1. The van der Waals surface area contributed by atoms with E-state index < -0.39 is 29.3 Å². The molecule has 14 heteroatoms. The second kappa shape index (κ2) is 13.0. The standard InChI is InChI=1S/C33H32Cl2N6O6/c1-40-15-21(32(45)41(2)33(40)46)30(44)38-22-9-5-7-19(28(22)35)18-6-4-8-20(27(18)34)23-11-17-12-24(42)29(26(17)31(39-23)47-3)37-14-16-10-25(43)36-13-16/h4-9,11,15-16,24,29,37,42H,10,12-14H2,1-3H3,(H,36,43)(H,38,44). The number of aryl methyl sites for hydroxylation is 1. The summed E-state index contributed by atoms with van der Waals surface area (Å²) in [4.78, 5) is 54.2. The van der Waals surface area contributed by atoms with Crippen LogP contribution in [-0.4, -0.2) is 57.3 Å². The Labute approximate surface area is 279 Å². The third-order valence-corrected chi connectivity index (χ3v) is 9.43. The number of nitrogens with zero attached hydrogens (tertiary/aromatic N) is 3. The van der Waals surface area contributed by atoms with Crippen LogP contribution in [0.1, 0.15) is 33.9 Å². The summed E-state index contributed by atoms with van der Waals surface area (Å²) in [6.07, 6.45) is 1.30. The Morgan fingerprint density at radius 3 is 2.47 bits per heavy atom. The number of carbonyl (C=O) groups excluding carboxylic acids is 2. The number of aliphatic hydroxyl groups excluding tert-OH is 1. The number of halogens is 2. The number of methoxy groups -OCH3 is 1. The van der Waals surface area contributed by atoms with Crippen molar-refractivity contribution in [1.29, 1.82) is 0 Å². The van der Waals surface area contributed by atoms with Gasteiger partial charge in [0.15, 0.2) is 0 Å². The number of aliphatic hydroxyl groups is 1. The number of benzene rings is 2. The number of carbonyl (C=O) groups is 2. The van der Waals surface area contributed by atoms with E-state index in [4.69, 9.17) is 32.9 Å². The quantitative estimate of drug-likeness (QED) is 0.222. The largest absolute Gasteiger partial charge is 0.481 e. The summed E-state index contributed by atoms with van der Waals surface area (Å²) in [6, 6.07) is 11.9. The smallest absolute Gasteiger partial charge is 0.330 e. The first kappa shape index (κ1) is 32.5. The number of fused-ring (bicyclic) bond motifs is 1. The molecule has 3 atom stereocenters. The van der Waals surface area contributed by atoms with Crippen molar-refractivity contribution in [2.24, 2.45) is 20.0 Å². The number of anilines is 1. The summed E-state index contributed by atoms with van der Waals surface area (Å²) in [6.45, 7) is 1.15. The van der Waals surface area contributed by atoms with Crippen molar-refractivity contribution in [3.8, 4) is 28.3 Å². The van der Waals surface area contributed by atoms with E-state index in [-0.39, 0.29) is 28.1 Å². The van der Waals surface area contributed by atoms with Gasteiger partial charge in [-0.3, -0.25) is 19.0 Å². The molecule has 0 radical (unpaired) electrons. The molecule has 244 valence electrons. The Hall–Kier alpha value is -4.49. The lowest BCUT2D eigenvalue weighted by Crippen LogP contribution is -2.40. The average molecular weight is 680 g/mol. The van der Waals surface area contributed by atoms with Crippen LogP contribution >= 0.6 is 23.2 Å². The summed E-state index contributed by atoms with van der Waals surface area (Å²) in [5.74, 6) is -0.199. The van der Waals surface area contributed by atoms with Crippen LogP contribution < -0.4 is 31.9 Å². The van der Waals surface area contributed by atoms with Gasteiger partial charge < -0.3 is 30.4 Å². The maximum absolute atomic E-state index is 13.1. The van der Waals surface area contributed by atoms with Gasteiger partial charge in [-0.25, -0.2) is 9.78 Å². The van der Waals surface area contributed by atoms with E-state index in [0.717, 1.165) is 20.3 Å². The third-order valence-electron chi connectivity index (χ3n) is 8.62. The highest BCUT2D eigenvalue weighted by Crippen LogP contribution is 2.44. The van der Waals surface area contributed by atoms with Gasteiger partial charge in [0.1, 0.15) is 5.56 Å². The molecule has 2 aromatic heterocycles. The molecule has 4 N–H and O–H groups in total. The molecule has 1 saturated heterocycles. The fourth-order valence-corrected chi connectivity index (χ4v) is 6.78. The maximum Gasteiger partial charge on any atom is 0.330 e. The Balaban J connectivity index is 1.31. The Kier molecular flexibility index (Phi) is 8.95. The molecule has 6 rings (SSSR count). The van der Waals surface area contributed by atoms with E-state index in [1.807, 2.05) is 18.2 Å². The summed E-state index contributed by atoms with van der Waals surface area (Å²) >= 11 is 13.8. The summed E-state index contributed by atoms with van der Waals surface area (Å²) in [5, 5.41) is 20.4. The first-order chi connectivity index (χ1) is 22.5. The molecular weight excluding hydrogens is 647 g/mol. The van der Waals surface area contributed by atoms with Crippen molar-refractivity contribution in [3.05, 3.63) is 96.2 Å². The van der Waals surface area contributed by atoms with E-state index in [2.05, 4.69) is 16.0 Å². The van der Waals surface area contributed by atoms with E-state index in [1.165, 1.54) is 27.4 Å². The summed E-state index contributed by atoms with van der Waals surface area (Å²) < 4.78 is 7.71. The van der Waals surface area contributed by atoms with Gasteiger partial charge in [0.2, 0.25) is 11.8 Å². The lowest BCUT2D eigenvalue weighted by molar-refractivity contribution is -0.119. The molecule has 0 spiro atoms. The highest BCUT2D eigenvalue weighted by atomic mass is 35.5. The van der Waals surface area contributed by atoms with Gasteiger partial charge in [0.25, 0.3) is 11.5 Å². The molecule has 47 heavy (non-hydrogen) atoms. The molecule has 1 aliphatic carbocycles. The van der Waals surface area contributed by atoms with Crippen molar-refractivity contribution in [2.45, 2.75) is 25.0 Å². The number of amides is 2. The molecule has 2 amide bonds. The lowest BCUT2D eigenvalue weighted by Gasteiger charge is -2.21. The Bertz CT molecular complexity index is 2040. The van der Waals surface area contributed by atoms with E-state index in [0.29, 0.717) is 59.2 Å². The SMILES string of the molecule is COc1nc(-c2cccc(-c3cccc(NC(=O)c4cn(C)c(=O)n(C)c4=O)c3Cl)c2Cl)cc2c1C(NCC1CNC(=O)C1)C(O)C2. The number of hydrogen-bond acceptors (Lipinski definition) is 8. The second-order valence-corrected chi connectivity index (χ2v) is 12.5. The van der Waals surface area contributed by atoms with Crippen LogP contribution in [0.15, 0.2) is 58.3 Å². The van der Waals surface area contributed by atoms with Crippen molar-refractivity contribution >= 4 is 40.7 Å². The Morgan fingerprint density at radius 2 is 1.77 bits per heavy atom. The van der Waals surface area contributed by atoms with Crippen LogP contribution in [0.4, 0.5) is 5.69 Å². The predicted molar refractivity (Wildman–Crippen MR) is 178 cm³/mol. The highest BCUT2D eigenvalue weighted by molar-refractivity contribution is 6.39. The fraction of sp³-hybridized carbons (Fsp3) is 0.303. The van der Waals surface area contributed by atoms with Gasteiger partial charge in [-0.2, -0.15) is 0 Å². The minimum Gasteiger partial charge on any atom is -0.481 e. The van der Waals surface area contributed by atoms with Crippen LogP contribution in [-0.2, 0) is 25.3 Å². The van der Waals surface area contributed by atoms with Crippen molar-refractivity contribution in [3.63, 3.8) is 0 Å². The molecule has 0 bridgehead atoms. The van der Waals surface area contributed by atoms with Crippen LogP contribution in [0.3, 0.4) is 0 Å². The zero-order valence-electron chi connectivity index (χ0n) is 25.8. The molecule has 4 aromatic rings. The van der Waals surface area contributed by atoms with Crippen molar-refractivity contribution < 1.29 is 19.4 Å². The zero-order valence-corrected chi connectivity index (χ0v) is 27.3. The van der Waals surface area contributed by atoms with Gasteiger partial charge in [0, 0.05) is 68.5 Å². The van der Waals surface area contributed by atoms with Crippen LogP contribution in [0.5, 0.6) is 5.88 Å². The number of ether oxygens (including phenoxy) is 1. The Morgan fingerprint density at radius 1 is 1.06 bits per heavy atom. The number of nitrogens with one attached hydrogen (secondary N) is 3. The third kappa shape index (κ3) is 6.05. The summed E-state index contributed by atoms with van der Waals surface area (Å²) in [7, 11) is 4.27. The lowest BCUT2D eigenvalue weighted by atomic mass is 9.99. The minimum atomic E-state index is -0.733. The molecule has 3 unspecified atom stereocenters. The fourth-order valence-electron chi connectivity index (χ4n) is 6.18. The van der Waals surface area contributed by atoms with E-state index in [9.17, 15) is 24.3 Å². The molecule has 2 aromatic carbocycles. The maximum atomic E-state index is 13.1. The van der Waals surface area contributed by atoms with E-state index >= 15 is 0 Å². The highest BCUT2D eigenvalue weighted by Gasteiger charge is 2.36. The molecule has 2 aliphatic rings. The first-order valence-electron chi connectivity index (χ1n) is 14.9. The molecule has 1 fully saturated rings. The van der Waals surface area contributed by atoms with E-state index in [1.54, 1.807) is 24.3 Å². The average Bonchev–Trinajstić information content (AvgIpc) is 3.62. The van der Waals surface area contributed by atoms with Gasteiger partial charge in [-0.05, 0) is 23.6 Å². The van der Waals surface area contributed by atoms with Gasteiger partial charge in [-0.15, -0.1) is 0 Å². The monoisotopic (exact) mass is 678 g/mol. The van der Waals surface area contributed by atoms with Crippen LogP contribution in [0, 0.1) is 5.92 Å².